The van der Waals surface area contributed by atoms with Crippen molar-refractivity contribution in [2.45, 2.75) is 12.8 Å². The Bertz CT molecular complexity index is 1110. The lowest BCUT2D eigenvalue weighted by molar-refractivity contribution is -0.0985. The number of nitrogens with zero attached hydrogens (tertiary/aromatic N) is 5. The smallest absolute Gasteiger partial charge is 0.155 e. The molecule has 2 aromatic heterocycles. The molecule has 0 saturated carbocycles. The van der Waals surface area contributed by atoms with Crippen molar-refractivity contribution < 1.29 is 4.74 Å². The van der Waals surface area contributed by atoms with Crippen LogP contribution in [0, 0.1) is 16.7 Å². The van der Waals surface area contributed by atoms with Crippen LogP contribution in [0.2, 0.25) is 5.02 Å². The number of ether oxygens (including phenoxy) is 1. The summed E-state index contributed by atoms with van der Waals surface area (Å²) in [5, 5.41) is 10.5. The lowest BCUT2D eigenvalue weighted by Crippen LogP contribution is -2.44. The van der Waals surface area contributed by atoms with Gasteiger partial charge in [-0.25, -0.2) is 15.0 Å². The van der Waals surface area contributed by atoms with Gasteiger partial charge in [-0.05, 0) is 30.2 Å². The normalized spacial score (nSPS) is 17.6. The second-order valence-corrected chi connectivity index (χ2v) is 8.02. The summed E-state index contributed by atoms with van der Waals surface area (Å²) >= 11 is 6.33. The van der Waals surface area contributed by atoms with E-state index in [0.29, 0.717) is 22.8 Å². The molecule has 1 aromatic carbocycles. The zero-order valence-electron chi connectivity index (χ0n) is 15.2. The third-order valence-corrected chi connectivity index (χ3v) is 5.97. The van der Waals surface area contributed by atoms with Gasteiger partial charge in [0, 0.05) is 47.7 Å². The first kappa shape index (κ1) is 17.4. The fourth-order valence-electron chi connectivity index (χ4n) is 3.97. The van der Waals surface area contributed by atoms with E-state index in [-0.39, 0.29) is 5.41 Å². The highest BCUT2D eigenvalue weighted by molar-refractivity contribution is 6.31. The van der Waals surface area contributed by atoms with Crippen molar-refractivity contribution in [1.29, 1.82) is 5.26 Å². The van der Waals surface area contributed by atoms with E-state index in [1.807, 2.05) is 24.5 Å². The van der Waals surface area contributed by atoms with Crippen molar-refractivity contribution in [3.8, 4) is 6.07 Å². The van der Waals surface area contributed by atoms with Crippen LogP contribution in [0.25, 0.3) is 10.9 Å². The molecule has 28 heavy (non-hydrogen) atoms. The SMILES string of the molecule is N#Cc1ccc(Cc2ncc3ccnc(N4CCC5(COC5)C4)c3n2)c(Cl)c1. The molecular formula is C21H18ClN5O. The van der Waals surface area contributed by atoms with Crippen LogP contribution in [0.3, 0.4) is 0 Å². The quantitative estimate of drug-likeness (QED) is 0.681. The van der Waals surface area contributed by atoms with E-state index >= 15 is 0 Å². The van der Waals surface area contributed by atoms with Crippen LogP contribution in [0.1, 0.15) is 23.4 Å². The molecule has 2 saturated heterocycles. The first-order chi connectivity index (χ1) is 13.7. The molecule has 0 amide bonds. The molecule has 0 atom stereocenters. The van der Waals surface area contributed by atoms with Crippen molar-refractivity contribution >= 4 is 28.3 Å². The molecule has 3 aromatic rings. The highest BCUT2D eigenvalue weighted by Crippen LogP contribution is 2.40. The van der Waals surface area contributed by atoms with Crippen molar-refractivity contribution in [1.82, 2.24) is 15.0 Å². The van der Waals surface area contributed by atoms with E-state index in [2.05, 4.69) is 20.9 Å². The molecule has 0 unspecified atom stereocenters. The zero-order chi connectivity index (χ0) is 19.1. The summed E-state index contributed by atoms with van der Waals surface area (Å²) in [7, 11) is 0. The van der Waals surface area contributed by atoms with Crippen LogP contribution in [-0.2, 0) is 11.2 Å². The van der Waals surface area contributed by atoms with Gasteiger partial charge in [-0.15, -0.1) is 0 Å². The van der Waals surface area contributed by atoms with Gasteiger partial charge in [-0.1, -0.05) is 17.7 Å². The lowest BCUT2D eigenvalue weighted by Gasteiger charge is -2.37. The second kappa shape index (κ2) is 6.69. The van der Waals surface area contributed by atoms with Gasteiger partial charge in [0.2, 0.25) is 0 Å². The van der Waals surface area contributed by atoms with Crippen molar-refractivity contribution in [3.63, 3.8) is 0 Å². The molecule has 4 heterocycles. The summed E-state index contributed by atoms with van der Waals surface area (Å²) in [5.74, 6) is 1.60. The van der Waals surface area contributed by atoms with Gasteiger partial charge in [0.15, 0.2) is 5.82 Å². The summed E-state index contributed by atoms with van der Waals surface area (Å²) < 4.78 is 5.44. The third-order valence-electron chi connectivity index (χ3n) is 5.61. The van der Waals surface area contributed by atoms with E-state index < -0.39 is 0 Å². The molecule has 140 valence electrons. The van der Waals surface area contributed by atoms with Gasteiger partial charge in [0.1, 0.15) is 11.3 Å². The summed E-state index contributed by atoms with van der Waals surface area (Å²) in [6.07, 6.45) is 5.30. The first-order valence-electron chi connectivity index (χ1n) is 9.28. The minimum absolute atomic E-state index is 0.287. The number of aromatic nitrogens is 3. The Morgan fingerprint density at radius 2 is 2.14 bits per heavy atom. The Balaban J connectivity index is 1.48. The average molecular weight is 392 g/mol. The fraction of sp³-hybridized carbons (Fsp3) is 0.333. The van der Waals surface area contributed by atoms with Crippen LogP contribution < -0.4 is 4.90 Å². The molecule has 7 heteroatoms. The molecular weight excluding hydrogens is 374 g/mol. The van der Waals surface area contributed by atoms with Crippen LogP contribution in [-0.4, -0.2) is 41.3 Å². The van der Waals surface area contributed by atoms with Gasteiger partial charge in [0.25, 0.3) is 0 Å². The van der Waals surface area contributed by atoms with E-state index in [9.17, 15) is 0 Å². The summed E-state index contributed by atoms with van der Waals surface area (Å²) in [6, 6.07) is 9.34. The maximum Gasteiger partial charge on any atom is 0.155 e. The molecule has 2 aliphatic heterocycles. The number of nitriles is 1. The van der Waals surface area contributed by atoms with Gasteiger partial charge in [-0.2, -0.15) is 5.26 Å². The van der Waals surface area contributed by atoms with Crippen LogP contribution in [0.15, 0.2) is 36.7 Å². The van der Waals surface area contributed by atoms with E-state index in [0.717, 1.165) is 55.0 Å². The highest BCUT2D eigenvalue weighted by Gasteiger charge is 2.45. The minimum atomic E-state index is 0.287. The number of rotatable bonds is 3. The van der Waals surface area contributed by atoms with E-state index in [1.54, 1.807) is 12.1 Å². The molecule has 2 fully saturated rings. The molecule has 1 spiro atoms. The number of fused-ring (bicyclic) bond motifs is 1. The van der Waals surface area contributed by atoms with Crippen LogP contribution in [0.4, 0.5) is 5.82 Å². The number of hydrogen-bond acceptors (Lipinski definition) is 6. The van der Waals surface area contributed by atoms with Gasteiger partial charge in [-0.3, -0.25) is 0 Å². The molecule has 5 rings (SSSR count). The number of hydrogen-bond donors (Lipinski definition) is 0. The molecule has 6 nitrogen and oxygen atoms in total. The predicted molar refractivity (Wildman–Crippen MR) is 106 cm³/mol. The maximum atomic E-state index is 9.00. The summed E-state index contributed by atoms with van der Waals surface area (Å²) in [4.78, 5) is 16.3. The van der Waals surface area contributed by atoms with Crippen molar-refractivity contribution in [2.24, 2.45) is 5.41 Å². The molecule has 2 aliphatic rings. The Morgan fingerprint density at radius 3 is 2.86 bits per heavy atom. The lowest BCUT2D eigenvalue weighted by atomic mass is 9.85. The highest BCUT2D eigenvalue weighted by atomic mass is 35.5. The topological polar surface area (TPSA) is 74.9 Å². The number of pyridine rings is 1. The van der Waals surface area contributed by atoms with Crippen LogP contribution in [0.5, 0.6) is 0 Å². The Kier molecular flexibility index (Phi) is 4.15. The molecule has 0 N–H and O–H groups in total. The monoisotopic (exact) mass is 391 g/mol. The Hall–Kier alpha value is -2.75. The standard InChI is InChI=1S/C21H18ClN5O/c22-17-7-14(9-23)1-2-15(17)8-18-25-10-16-3-5-24-20(19(16)26-18)27-6-4-21(11-27)12-28-13-21/h1-3,5,7,10H,4,6,8,11-13H2. The Morgan fingerprint density at radius 1 is 1.25 bits per heavy atom. The fourth-order valence-corrected chi connectivity index (χ4v) is 4.21. The first-order valence-corrected chi connectivity index (χ1v) is 9.65. The second-order valence-electron chi connectivity index (χ2n) is 7.62. The van der Waals surface area contributed by atoms with Crippen LogP contribution >= 0.6 is 11.6 Å². The number of halogens is 1. The molecule has 0 aliphatic carbocycles. The zero-order valence-corrected chi connectivity index (χ0v) is 16.0. The van der Waals surface area contributed by atoms with Gasteiger partial charge < -0.3 is 9.64 Å². The van der Waals surface area contributed by atoms with E-state index in [1.165, 1.54) is 0 Å². The third kappa shape index (κ3) is 2.97. The van der Waals surface area contributed by atoms with Gasteiger partial charge >= 0.3 is 0 Å². The average Bonchev–Trinajstić information content (AvgIpc) is 3.15. The number of anilines is 1. The molecule has 0 radical (unpaired) electrons. The maximum absolute atomic E-state index is 9.00. The summed E-state index contributed by atoms with van der Waals surface area (Å²) in [6.45, 7) is 3.60. The molecule has 0 bridgehead atoms. The largest absolute Gasteiger partial charge is 0.380 e. The minimum Gasteiger partial charge on any atom is -0.380 e. The predicted octanol–water partition coefficient (Wildman–Crippen LogP) is 3.37. The summed E-state index contributed by atoms with van der Waals surface area (Å²) in [5.41, 5.74) is 2.60. The number of benzene rings is 1. The van der Waals surface area contributed by atoms with Crippen molar-refractivity contribution in [2.75, 3.05) is 31.2 Å². The van der Waals surface area contributed by atoms with Gasteiger partial charge in [0.05, 0.1) is 24.8 Å². The van der Waals surface area contributed by atoms with E-state index in [4.69, 9.17) is 26.6 Å². The van der Waals surface area contributed by atoms with Crippen molar-refractivity contribution in [3.05, 3.63) is 58.6 Å². The Labute approximate surface area is 167 Å².